The molecule has 0 atom stereocenters. The number of hydrogen-bond donors (Lipinski definition) is 1. The molecule has 2 heteroatoms. The van der Waals surface area contributed by atoms with Crippen molar-refractivity contribution in [3.05, 3.63) is 54.6 Å². The molecule has 0 spiro atoms. The van der Waals surface area contributed by atoms with Crippen LogP contribution in [0.5, 0.6) is 5.75 Å². The molecule has 0 radical (unpaired) electrons. The monoisotopic (exact) mass is 187 g/mol. The average molecular weight is 187 g/mol. The van der Waals surface area contributed by atoms with Crippen molar-refractivity contribution < 1.29 is 4.74 Å². The Hall–Kier alpha value is -1.54. The summed E-state index contributed by atoms with van der Waals surface area (Å²) >= 11 is 0. The second-order valence-corrected chi connectivity index (χ2v) is 3.31. The first kappa shape index (κ1) is 9.03. The highest BCUT2D eigenvalue weighted by Crippen LogP contribution is 2.19. The van der Waals surface area contributed by atoms with Gasteiger partial charge in [-0.05, 0) is 30.7 Å². The van der Waals surface area contributed by atoms with E-state index in [0.29, 0.717) is 0 Å². The Balaban J connectivity index is 2.14. The van der Waals surface area contributed by atoms with Crippen molar-refractivity contribution in [1.29, 1.82) is 0 Å². The predicted octanol–water partition coefficient (Wildman–Crippen LogP) is 2.24. The van der Waals surface area contributed by atoms with Crippen LogP contribution in [0.1, 0.15) is 6.42 Å². The number of rotatable bonds is 2. The summed E-state index contributed by atoms with van der Waals surface area (Å²) in [6, 6.07) is 9.59. The van der Waals surface area contributed by atoms with E-state index in [1.165, 1.54) is 0 Å². The minimum Gasteiger partial charge on any atom is -0.466 e. The molecule has 1 aromatic carbocycles. The maximum Gasteiger partial charge on any atom is 0.197 e. The van der Waals surface area contributed by atoms with Gasteiger partial charge in [-0.15, -0.1) is 0 Å². The first-order valence-corrected chi connectivity index (χ1v) is 4.67. The van der Waals surface area contributed by atoms with E-state index in [4.69, 9.17) is 10.5 Å². The Labute approximate surface area is 83.7 Å². The first-order chi connectivity index (χ1) is 6.79. The van der Waals surface area contributed by atoms with Gasteiger partial charge in [-0.1, -0.05) is 30.4 Å². The Kier molecular flexibility index (Phi) is 2.37. The van der Waals surface area contributed by atoms with Crippen molar-refractivity contribution in [1.82, 2.24) is 0 Å². The van der Waals surface area contributed by atoms with E-state index >= 15 is 0 Å². The van der Waals surface area contributed by atoms with E-state index in [9.17, 15) is 0 Å². The molecule has 1 aliphatic rings. The van der Waals surface area contributed by atoms with Crippen LogP contribution < -0.4 is 10.5 Å². The summed E-state index contributed by atoms with van der Waals surface area (Å²) in [5.74, 6) is 0.784. The van der Waals surface area contributed by atoms with Crippen molar-refractivity contribution in [2.75, 3.05) is 0 Å². The molecule has 14 heavy (non-hydrogen) atoms. The molecule has 72 valence electrons. The van der Waals surface area contributed by atoms with Crippen LogP contribution in [-0.4, -0.2) is 5.72 Å². The van der Waals surface area contributed by atoms with E-state index < -0.39 is 5.72 Å². The van der Waals surface area contributed by atoms with Gasteiger partial charge < -0.3 is 4.74 Å². The van der Waals surface area contributed by atoms with Crippen LogP contribution in [0.3, 0.4) is 0 Å². The molecule has 0 heterocycles. The third-order valence-corrected chi connectivity index (χ3v) is 2.07. The van der Waals surface area contributed by atoms with E-state index in [2.05, 4.69) is 0 Å². The lowest BCUT2D eigenvalue weighted by atomic mass is 10.1. The van der Waals surface area contributed by atoms with Gasteiger partial charge in [0.2, 0.25) is 0 Å². The van der Waals surface area contributed by atoms with Gasteiger partial charge in [0.25, 0.3) is 0 Å². The molecular formula is C12H13NO. The van der Waals surface area contributed by atoms with Crippen molar-refractivity contribution in [2.24, 2.45) is 5.73 Å². The summed E-state index contributed by atoms with van der Waals surface area (Å²) in [5, 5.41) is 0. The summed E-state index contributed by atoms with van der Waals surface area (Å²) < 4.78 is 5.65. The van der Waals surface area contributed by atoms with Crippen LogP contribution in [0.4, 0.5) is 0 Å². The molecule has 0 aliphatic heterocycles. The zero-order valence-electron chi connectivity index (χ0n) is 7.89. The number of ether oxygens (including phenoxy) is 1. The van der Waals surface area contributed by atoms with Crippen LogP contribution >= 0.6 is 0 Å². The fourth-order valence-electron chi connectivity index (χ4n) is 1.40. The fourth-order valence-corrected chi connectivity index (χ4v) is 1.40. The van der Waals surface area contributed by atoms with Gasteiger partial charge in [0.05, 0.1) is 0 Å². The van der Waals surface area contributed by atoms with Gasteiger partial charge in [-0.25, -0.2) is 0 Å². The van der Waals surface area contributed by atoms with Gasteiger partial charge in [0, 0.05) is 0 Å². The van der Waals surface area contributed by atoms with Gasteiger partial charge in [0.1, 0.15) is 5.75 Å². The van der Waals surface area contributed by atoms with Crippen molar-refractivity contribution in [2.45, 2.75) is 12.1 Å². The Morgan fingerprint density at radius 2 is 1.71 bits per heavy atom. The van der Waals surface area contributed by atoms with E-state index in [0.717, 1.165) is 12.2 Å². The molecule has 2 N–H and O–H groups in total. The van der Waals surface area contributed by atoms with Crippen LogP contribution in [0.2, 0.25) is 0 Å². The minimum absolute atomic E-state index is 0.778. The van der Waals surface area contributed by atoms with Gasteiger partial charge in [0.15, 0.2) is 5.72 Å². The zero-order valence-corrected chi connectivity index (χ0v) is 7.89. The molecule has 0 fully saturated rings. The summed E-state index contributed by atoms with van der Waals surface area (Å²) in [5.41, 5.74) is 5.22. The predicted molar refractivity (Wildman–Crippen MR) is 56.9 cm³/mol. The molecule has 2 rings (SSSR count). The first-order valence-electron chi connectivity index (χ1n) is 4.67. The maximum absolute atomic E-state index is 6.00. The minimum atomic E-state index is -0.778. The molecule has 1 aliphatic carbocycles. The number of para-hydroxylation sites is 1. The largest absolute Gasteiger partial charge is 0.466 e. The highest BCUT2D eigenvalue weighted by atomic mass is 16.5. The van der Waals surface area contributed by atoms with E-state index in [1.807, 2.05) is 54.6 Å². The van der Waals surface area contributed by atoms with E-state index in [-0.39, 0.29) is 0 Å². The molecule has 0 unspecified atom stereocenters. The molecule has 0 amide bonds. The molecule has 1 aromatic rings. The number of benzene rings is 1. The topological polar surface area (TPSA) is 35.2 Å². The summed E-state index contributed by atoms with van der Waals surface area (Å²) in [6.07, 6.45) is 8.68. The highest BCUT2D eigenvalue weighted by molar-refractivity contribution is 5.27. The number of hydrogen-bond acceptors (Lipinski definition) is 2. The zero-order chi connectivity index (χ0) is 9.86. The average Bonchev–Trinajstić information content (AvgIpc) is 2.19. The molecule has 0 aromatic heterocycles. The maximum atomic E-state index is 6.00. The lowest BCUT2D eigenvalue weighted by Crippen LogP contribution is -2.42. The standard InChI is InChI=1S/C12H13NO/c13-12(9-5-2-6-10-12)14-11-7-3-1-4-8-11/h1,3-10H,2,13H2. The third kappa shape index (κ3) is 2.03. The summed E-state index contributed by atoms with van der Waals surface area (Å²) in [4.78, 5) is 0. The number of nitrogens with two attached hydrogens (primary N) is 1. The van der Waals surface area contributed by atoms with Crippen LogP contribution in [0.15, 0.2) is 54.6 Å². The van der Waals surface area contributed by atoms with Gasteiger partial charge in [-0.3, -0.25) is 5.73 Å². The lowest BCUT2D eigenvalue weighted by molar-refractivity contribution is 0.177. The molecule has 0 saturated carbocycles. The van der Waals surface area contributed by atoms with Crippen molar-refractivity contribution in [3.63, 3.8) is 0 Å². The van der Waals surface area contributed by atoms with Crippen molar-refractivity contribution in [3.8, 4) is 5.75 Å². The van der Waals surface area contributed by atoms with Crippen LogP contribution in [-0.2, 0) is 0 Å². The second kappa shape index (κ2) is 3.68. The second-order valence-electron chi connectivity index (χ2n) is 3.31. The molecular weight excluding hydrogens is 174 g/mol. The molecule has 0 bridgehead atoms. The van der Waals surface area contributed by atoms with Crippen LogP contribution in [0, 0.1) is 0 Å². The van der Waals surface area contributed by atoms with Crippen LogP contribution in [0.25, 0.3) is 0 Å². The SMILES string of the molecule is NC1(Oc2ccccc2)C=CCC=C1. The van der Waals surface area contributed by atoms with E-state index in [1.54, 1.807) is 0 Å². The van der Waals surface area contributed by atoms with Crippen molar-refractivity contribution >= 4 is 0 Å². The Bertz CT molecular complexity index is 342. The Morgan fingerprint density at radius 1 is 1.07 bits per heavy atom. The number of allylic oxidation sites excluding steroid dienone is 2. The molecule has 0 saturated heterocycles. The quantitative estimate of drug-likeness (QED) is 0.569. The summed E-state index contributed by atoms with van der Waals surface area (Å²) in [6.45, 7) is 0. The molecule has 2 nitrogen and oxygen atoms in total. The smallest absolute Gasteiger partial charge is 0.197 e. The van der Waals surface area contributed by atoms with Gasteiger partial charge >= 0.3 is 0 Å². The fraction of sp³-hybridized carbons (Fsp3) is 0.167. The Morgan fingerprint density at radius 3 is 2.36 bits per heavy atom. The summed E-state index contributed by atoms with van der Waals surface area (Å²) in [7, 11) is 0. The van der Waals surface area contributed by atoms with Gasteiger partial charge in [-0.2, -0.15) is 0 Å². The highest BCUT2D eigenvalue weighted by Gasteiger charge is 2.20. The lowest BCUT2D eigenvalue weighted by Gasteiger charge is -2.25. The normalized spacial score (nSPS) is 18.1. The third-order valence-electron chi connectivity index (χ3n) is 2.07.